The molecule has 0 aliphatic carbocycles. The number of nitrogens with zero attached hydrogens (tertiary/aromatic N) is 1. The molecule has 104 valence electrons. The van der Waals surface area contributed by atoms with Gasteiger partial charge in [0.15, 0.2) is 5.76 Å². The molecule has 1 saturated heterocycles. The predicted molar refractivity (Wildman–Crippen MR) is 68.2 cm³/mol. The summed E-state index contributed by atoms with van der Waals surface area (Å²) in [5, 5.41) is 11.6. The molecular weight excluding hydrogens is 248 g/mol. The number of carboxylic acids is 1. The van der Waals surface area contributed by atoms with Crippen LogP contribution in [0.2, 0.25) is 0 Å². The van der Waals surface area contributed by atoms with Crippen molar-refractivity contribution in [2.45, 2.75) is 19.4 Å². The molecular formula is C13H18N2O4. The lowest BCUT2D eigenvalue weighted by Gasteiger charge is -2.34. The molecule has 19 heavy (non-hydrogen) atoms. The highest BCUT2D eigenvalue weighted by molar-refractivity contribution is 5.93. The summed E-state index contributed by atoms with van der Waals surface area (Å²) in [7, 11) is 2.06. The lowest BCUT2D eigenvalue weighted by atomic mass is 9.94. The fraction of sp³-hybridized carbons (Fsp3) is 0.538. The first kappa shape index (κ1) is 13.6. The van der Waals surface area contributed by atoms with Crippen molar-refractivity contribution in [2.75, 3.05) is 20.1 Å². The fourth-order valence-electron chi connectivity index (χ4n) is 2.38. The van der Waals surface area contributed by atoms with Gasteiger partial charge in [-0.05, 0) is 38.1 Å². The number of carboxylic acid groups (broad SMARTS) is 1. The summed E-state index contributed by atoms with van der Waals surface area (Å²) in [4.78, 5) is 24.9. The Kier molecular flexibility index (Phi) is 3.90. The summed E-state index contributed by atoms with van der Waals surface area (Å²) in [5.74, 6) is -1.35. The second kappa shape index (κ2) is 5.44. The standard InChI is InChI=1S/C13H18N2O4/c1-8-7-15(2)6-5-9(8)14-12(16)10-3-4-11(19-10)13(17)18/h3-4,8-9H,5-7H2,1-2H3,(H,14,16)(H,17,18). The third-order valence-corrected chi connectivity index (χ3v) is 3.47. The molecule has 0 radical (unpaired) electrons. The molecule has 1 amide bonds. The highest BCUT2D eigenvalue weighted by Gasteiger charge is 2.26. The van der Waals surface area contributed by atoms with Gasteiger partial charge in [-0.25, -0.2) is 4.79 Å². The number of rotatable bonds is 3. The zero-order chi connectivity index (χ0) is 14.0. The van der Waals surface area contributed by atoms with Gasteiger partial charge in [0.1, 0.15) is 0 Å². The number of hydrogen-bond acceptors (Lipinski definition) is 4. The number of carbonyl (C=O) groups excluding carboxylic acids is 1. The van der Waals surface area contributed by atoms with E-state index >= 15 is 0 Å². The molecule has 0 aromatic carbocycles. The summed E-state index contributed by atoms with van der Waals surface area (Å²) < 4.78 is 4.98. The highest BCUT2D eigenvalue weighted by Crippen LogP contribution is 2.16. The molecule has 6 heteroatoms. The molecule has 1 aliphatic heterocycles. The third-order valence-electron chi connectivity index (χ3n) is 3.47. The van der Waals surface area contributed by atoms with Crippen molar-refractivity contribution in [1.82, 2.24) is 10.2 Å². The maximum absolute atomic E-state index is 12.0. The highest BCUT2D eigenvalue weighted by atomic mass is 16.4. The summed E-state index contributed by atoms with van der Waals surface area (Å²) in [6.07, 6.45) is 0.885. The van der Waals surface area contributed by atoms with Crippen LogP contribution in [0, 0.1) is 5.92 Å². The normalized spacial score (nSPS) is 24.1. The Bertz CT molecular complexity index is 483. The summed E-state index contributed by atoms with van der Waals surface area (Å²) >= 11 is 0. The van der Waals surface area contributed by atoms with Gasteiger partial charge in [-0.15, -0.1) is 0 Å². The van der Waals surface area contributed by atoms with E-state index in [2.05, 4.69) is 24.2 Å². The molecule has 6 nitrogen and oxygen atoms in total. The van der Waals surface area contributed by atoms with Gasteiger partial charge < -0.3 is 19.7 Å². The van der Waals surface area contributed by atoms with Crippen LogP contribution in [-0.2, 0) is 0 Å². The van der Waals surface area contributed by atoms with E-state index in [0.29, 0.717) is 5.92 Å². The first-order chi connectivity index (χ1) is 8.97. The van der Waals surface area contributed by atoms with Gasteiger partial charge in [-0.1, -0.05) is 6.92 Å². The third kappa shape index (κ3) is 3.14. The fourth-order valence-corrected chi connectivity index (χ4v) is 2.38. The maximum atomic E-state index is 12.0. The Balaban J connectivity index is 1.98. The number of hydrogen-bond donors (Lipinski definition) is 2. The van der Waals surface area contributed by atoms with Crippen LogP contribution in [0.3, 0.4) is 0 Å². The van der Waals surface area contributed by atoms with Crippen LogP contribution < -0.4 is 5.32 Å². The van der Waals surface area contributed by atoms with Gasteiger partial charge in [0.2, 0.25) is 5.76 Å². The summed E-state index contributed by atoms with van der Waals surface area (Å²) in [6.45, 7) is 3.96. The predicted octanol–water partition coefficient (Wildman–Crippen LogP) is 1.05. The molecule has 0 bridgehead atoms. The monoisotopic (exact) mass is 266 g/mol. The van der Waals surface area contributed by atoms with Gasteiger partial charge in [-0.2, -0.15) is 0 Å². The molecule has 1 aromatic heterocycles. The maximum Gasteiger partial charge on any atom is 0.371 e. The molecule has 1 fully saturated rings. The molecule has 2 heterocycles. The Labute approximate surface area is 111 Å². The van der Waals surface area contributed by atoms with Gasteiger partial charge in [0.05, 0.1) is 0 Å². The molecule has 2 atom stereocenters. The number of aromatic carboxylic acids is 1. The van der Waals surface area contributed by atoms with E-state index in [-0.39, 0.29) is 23.5 Å². The van der Waals surface area contributed by atoms with Crippen LogP contribution in [0.25, 0.3) is 0 Å². The molecule has 1 aromatic rings. The lowest BCUT2D eigenvalue weighted by molar-refractivity contribution is 0.0658. The molecule has 2 N–H and O–H groups in total. The van der Waals surface area contributed by atoms with Crippen LogP contribution in [0.5, 0.6) is 0 Å². The van der Waals surface area contributed by atoms with Gasteiger partial charge in [0.25, 0.3) is 5.91 Å². The minimum absolute atomic E-state index is 0.0449. The van der Waals surface area contributed by atoms with Gasteiger partial charge in [-0.3, -0.25) is 4.79 Å². The van der Waals surface area contributed by atoms with E-state index in [9.17, 15) is 9.59 Å². The molecule has 0 saturated carbocycles. The van der Waals surface area contributed by atoms with Crippen molar-refractivity contribution in [1.29, 1.82) is 0 Å². The van der Waals surface area contributed by atoms with E-state index in [4.69, 9.17) is 9.52 Å². The van der Waals surface area contributed by atoms with Crippen LogP contribution >= 0.6 is 0 Å². The largest absolute Gasteiger partial charge is 0.475 e. The van der Waals surface area contributed by atoms with E-state index in [0.717, 1.165) is 19.5 Å². The Morgan fingerprint density at radius 1 is 1.42 bits per heavy atom. The zero-order valence-corrected chi connectivity index (χ0v) is 11.0. The van der Waals surface area contributed by atoms with Crippen molar-refractivity contribution >= 4 is 11.9 Å². The van der Waals surface area contributed by atoms with Crippen molar-refractivity contribution < 1.29 is 19.1 Å². The quantitative estimate of drug-likeness (QED) is 0.854. The number of piperidine rings is 1. The lowest BCUT2D eigenvalue weighted by Crippen LogP contribution is -2.48. The molecule has 2 rings (SSSR count). The molecule has 2 unspecified atom stereocenters. The molecule has 0 spiro atoms. The second-order valence-corrected chi connectivity index (χ2v) is 5.08. The van der Waals surface area contributed by atoms with Crippen LogP contribution in [0.15, 0.2) is 16.5 Å². The molecule has 1 aliphatic rings. The van der Waals surface area contributed by atoms with E-state index < -0.39 is 5.97 Å². The van der Waals surface area contributed by atoms with Crippen molar-refractivity contribution in [2.24, 2.45) is 5.92 Å². The minimum Gasteiger partial charge on any atom is -0.475 e. The van der Waals surface area contributed by atoms with Crippen molar-refractivity contribution in [3.05, 3.63) is 23.7 Å². The SMILES string of the molecule is CC1CN(C)CCC1NC(=O)c1ccc(C(=O)O)o1. The number of amides is 1. The number of likely N-dealkylation sites (tertiary alicyclic amines) is 1. The van der Waals surface area contributed by atoms with Crippen LogP contribution in [-0.4, -0.2) is 48.1 Å². The topological polar surface area (TPSA) is 82.8 Å². The average molecular weight is 266 g/mol. The Morgan fingerprint density at radius 2 is 2.11 bits per heavy atom. The number of nitrogens with one attached hydrogen (secondary N) is 1. The summed E-state index contributed by atoms with van der Waals surface area (Å²) in [6, 6.07) is 2.77. The number of furan rings is 1. The minimum atomic E-state index is -1.17. The van der Waals surface area contributed by atoms with E-state index in [1.54, 1.807) is 0 Å². The van der Waals surface area contributed by atoms with Crippen LogP contribution in [0.1, 0.15) is 34.5 Å². The number of carbonyl (C=O) groups is 2. The summed E-state index contributed by atoms with van der Waals surface area (Å²) in [5.41, 5.74) is 0. The Morgan fingerprint density at radius 3 is 2.68 bits per heavy atom. The van der Waals surface area contributed by atoms with Crippen molar-refractivity contribution in [3.8, 4) is 0 Å². The second-order valence-electron chi connectivity index (χ2n) is 5.08. The van der Waals surface area contributed by atoms with E-state index in [1.807, 2.05) is 0 Å². The first-order valence-corrected chi connectivity index (χ1v) is 6.30. The van der Waals surface area contributed by atoms with Gasteiger partial charge >= 0.3 is 5.97 Å². The Hall–Kier alpha value is -1.82. The smallest absolute Gasteiger partial charge is 0.371 e. The van der Waals surface area contributed by atoms with Gasteiger partial charge in [0, 0.05) is 12.6 Å². The average Bonchev–Trinajstić information content (AvgIpc) is 2.82. The van der Waals surface area contributed by atoms with Crippen molar-refractivity contribution in [3.63, 3.8) is 0 Å². The van der Waals surface area contributed by atoms with Crippen LogP contribution in [0.4, 0.5) is 0 Å². The first-order valence-electron chi connectivity index (χ1n) is 6.30. The zero-order valence-electron chi connectivity index (χ0n) is 11.0. The van der Waals surface area contributed by atoms with E-state index in [1.165, 1.54) is 12.1 Å².